The quantitative estimate of drug-likeness (QED) is 0.0324. The first kappa shape index (κ1) is 33.5. The van der Waals surface area contributed by atoms with E-state index in [0.717, 1.165) is 0 Å². The summed E-state index contributed by atoms with van der Waals surface area (Å²) >= 11 is 9.91. The molecule has 6 N–H and O–H groups in total. The van der Waals surface area contributed by atoms with Crippen LogP contribution in [0.3, 0.4) is 0 Å². The van der Waals surface area contributed by atoms with E-state index in [9.17, 15) is 24.5 Å². The summed E-state index contributed by atoms with van der Waals surface area (Å²) in [5.41, 5.74) is 11.1. The molecule has 0 radical (unpaired) electrons. The number of thiol groups is 1. The van der Waals surface area contributed by atoms with Gasteiger partial charge in [-0.1, -0.05) is 23.5 Å². The van der Waals surface area contributed by atoms with Crippen LogP contribution in [0.4, 0.5) is 5.13 Å². The number of H-pyrrole nitrogens is 1. The van der Waals surface area contributed by atoms with Gasteiger partial charge in [-0.25, -0.2) is 4.79 Å². The van der Waals surface area contributed by atoms with Crippen LogP contribution in [0.25, 0.3) is 6.08 Å². The lowest BCUT2D eigenvalue weighted by molar-refractivity contribution is -0.757. The van der Waals surface area contributed by atoms with Crippen LogP contribution in [0.1, 0.15) is 28.8 Å². The van der Waals surface area contributed by atoms with Crippen LogP contribution in [0.5, 0.6) is 11.5 Å². The Morgan fingerprint density at radius 1 is 1.25 bits per heavy atom. The maximum Gasteiger partial charge on any atom is 0.335 e. The third kappa shape index (κ3) is 14.5. The van der Waals surface area contributed by atoms with Gasteiger partial charge in [-0.3, -0.25) is 14.7 Å². The lowest BCUT2D eigenvalue weighted by Gasteiger charge is -2.10. The second-order valence-corrected chi connectivity index (χ2v) is 9.30. The van der Waals surface area contributed by atoms with E-state index < -0.39 is 22.9 Å². The number of nitrogens with two attached hydrogens (primary N) is 2. The SMILES string of the molecule is COc1cc(/C=C/C(N)=O)ccc1OC(=O)CCCO[N+](=O)[O-].Nc1n[nH]c(=S)s1.O=C(O)c1cccc(S)c1. The number of carbonyl (C=O) groups is 3. The number of carboxylic acid groups (broad SMARTS) is 1. The topological polar surface area (TPSA) is 223 Å². The Morgan fingerprint density at radius 2 is 1.98 bits per heavy atom. The van der Waals surface area contributed by atoms with Crippen molar-refractivity contribution < 1.29 is 38.9 Å². The molecule has 14 nitrogen and oxygen atoms in total. The fraction of sp³-hybridized carbons (Fsp3) is 0.174. The molecule has 0 aliphatic rings. The molecule has 40 heavy (non-hydrogen) atoms. The van der Waals surface area contributed by atoms with Crippen LogP contribution in [-0.4, -0.2) is 52.0 Å². The lowest BCUT2D eigenvalue weighted by Crippen LogP contribution is -2.11. The summed E-state index contributed by atoms with van der Waals surface area (Å²) in [4.78, 5) is 47.4. The first-order valence-electron chi connectivity index (χ1n) is 10.9. The zero-order valence-corrected chi connectivity index (χ0v) is 23.4. The molecule has 0 saturated heterocycles. The van der Waals surface area contributed by atoms with Crippen LogP contribution >= 0.6 is 36.2 Å². The highest BCUT2D eigenvalue weighted by Gasteiger charge is 2.11. The summed E-state index contributed by atoms with van der Waals surface area (Å²) < 4.78 is 10.9. The van der Waals surface area contributed by atoms with Gasteiger partial charge >= 0.3 is 11.9 Å². The minimum atomic E-state index is -0.924. The number of ether oxygens (including phenoxy) is 2. The number of aromatic carboxylic acids is 1. The van der Waals surface area contributed by atoms with Crippen molar-refractivity contribution in [3.63, 3.8) is 0 Å². The maximum absolute atomic E-state index is 11.6. The number of benzene rings is 2. The molecule has 0 unspecified atom stereocenters. The van der Waals surface area contributed by atoms with Gasteiger partial charge in [-0.15, -0.1) is 27.8 Å². The molecule has 0 fully saturated rings. The third-order valence-electron chi connectivity index (χ3n) is 4.12. The number of primary amides is 1. The molecule has 0 bridgehead atoms. The molecule has 0 saturated carbocycles. The van der Waals surface area contributed by atoms with Gasteiger partial charge in [0.25, 0.3) is 5.09 Å². The van der Waals surface area contributed by atoms with E-state index in [1.54, 1.807) is 24.3 Å². The van der Waals surface area contributed by atoms with Gasteiger partial charge < -0.3 is 30.9 Å². The van der Waals surface area contributed by atoms with Gasteiger partial charge in [0.05, 0.1) is 19.3 Å². The second-order valence-electron chi connectivity index (χ2n) is 7.09. The summed E-state index contributed by atoms with van der Waals surface area (Å²) in [6.07, 6.45) is 2.79. The Balaban J connectivity index is 0.000000380. The van der Waals surface area contributed by atoms with Crippen LogP contribution < -0.4 is 20.9 Å². The Morgan fingerprint density at radius 3 is 2.45 bits per heavy atom. The van der Waals surface area contributed by atoms with Crippen molar-refractivity contribution >= 4 is 65.2 Å². The number of hydrogen-bond acceptors (Lipinski definition) is 13. The van der Waals surface area contributed by atoms with Crippen LogP contribution in [0, 0.1) is 14.1 Å². The minimum Gasteiger partial charge on any atom is -0.493 e. The normalized spacial score (nSPS) is 9.85. The fourth-order valence-corrected chi connectivity index (χ4v) is 3.36. The van der Waals surface area contributed by atoms with E-state index in [1.165, 1.54) is 48.8 Å². The number of carboxylic acids is 1. The van der Waals surface area contributed by atoms with E-state index in [4.69, 9.17) is 26.0 Å². The number of carbonyl (C=O) groups excluding carboxylic acids is 2. The molecule has 3 rings (SSSR count). The highest BCUT2D eigenvalue weighted by molar-refractivity contribution is 7.80. The van der Waals surface area contributed by atoms with E-state index in [2.05, 4.69) is 39.9 Å². The molecule has 0 aliphatic heterocycles. The number of methoxy groups -OCH3 is 1. The molecule has 2 aromatic carbocycles. The van der Waals surface area contributed by atoms with Gasteiger partial charge in [0.15, 0.2) is 15.5 Å². The summed E-state index contributed by atoms with van der Waals surface area (Å²) in [5, 5.41) is 24.1. The van der Waals surface area contributed by atoms with Crippen LogP contribution in [0.2, 0.25) is 0 Å². The van der Waals surface area contributed by atoms with Crippen molar-refractivity contribution in [3.05, 3.63) is 73.7 Å². The molecule has 1 aromatic heterocycles. The van der Waals surface area contributed by atoms with Crippen LogP contribution in [-0.2, 0) is 14.4 Å². The number of nitrogens with zero attached hydrogens (tertiary/aromatic N) is 2. The maximum atomic E-state index is 11.6. The minimum absolute atomic E-state index is 0.0413. The first-order chi connectivity index (χ1) is 18.9. The van der Waals surface area contributed by atoms with Crippen molar-refractivity contribution in [2.45, 2.75) is 17.7 Å². The highest BCUT2D eigenvalue weighted by atomic mass is 32.1. The van der Waals surface area contributed by atoms with Gasteiger partial charge in [-0.2, -0.15) is 0 Å². The molecule has 0 atom stereocenters. The van der Waals surface area contributed by atoms with Crippen LogP contribution in [0.15, 0.2) is 53.4 Å². The van der Waals surface area contributed by atoms with Crippen molar-refractivity contribution in [3.8, 4) is 11.5 Å². The third-order valence-corrected chi connectivity index (χ3v) is 5.32. The Labute approximate surface area is 242 Å². The summed E-state index contributed by atoms with van der Waals surface area (Å²) in [7, 11) is 1.40. The Hall–Kier alpha value is -4.48. The number of rotatable bonds is 10. The second kappa shape index (κ2) is 17.9. The number of aromatic nitrogens is 2. The number of aromatic amines is 1. The average molecular weight is 612 g/mol. The first-order valence-corrected chi connectivity index (χ1v) is 12.5. The van der Waals surface area contributed by atoms with E-state index >= 15 is 0 Å². The van der Waals surface area contributed by atoms with Gasteiger partial charge in [-0.05, 0) is 60.6 Å². The molecule has 3 aromatic rings. The number of nitrogen functional groups attached to an aromatic ring is 1. The highest BCUT2D eigenvalue weighted by Crippen LogP contribution is 2.29. The largest absolute Gasteiger partial charge is 0.493 e. The van der Waals surface area contributed by atoms with Crippen molar-refractivity contribution in [2.75, 3.05) is 19.5 Å². The molecule has 1 heterocycles. The summed E-state index contributed by atoms with van der Waals surface area (Å²) in [5.74, 6) is -1.58. The van der Waals surface area contributed by atoms with Gasteiger partial charge in [0, 0.05) is 17.4 Å². The van der Waals surface area contributed by atoms with E-state index in [1.807, 2.05) is 0 Å². The molecular formula is C23H25N5O9S3. The number of nitrogens with one attached hydrogen (secondary N) is 1. The monoisotopic (exact) mass is 611 g/mol. The Kier molecular flexibility index (Phi) is 15.0. The smallest absolute Gasteiger partial charge is 0.335 e. The van der Waals surface area contributed by atoms with Crippen molar-refractivity contribution in [1.82, 2.24) is 10.2 Å². The molecule has 1 amide bonds. The standard InChI is InChI=1S/C14H16N2O7.C7H6O2S.C2H3N3S2/c1-21-12-9-10(5-7-13(15)17)4-6-11(12)23-14(18)3-2-8-22-16(19)20;8-7(9)5-2-1-3-6(10)4-5;3-1-4-5-2(6)7-1/h4-7,9H,2-3,8H2,1H3,(H2,15,17);1-4,10H,(H,8,9);(H2,3,4)(H,5,6)/b7-5+;;. The van der Waals surface area contributed by atoms with Gasteiger partial charge in [0.2, 0.25) is 11.0 Å². The average Bonchev–Trinajstić information content (AvgIpc) is 3.28. The number of esters is 1. The number of amides is 1. The zero-order chi connectivity index (χ0) is 30.1. The summed E-state index contributed by atoms with van der Waals surface area (Å²) in [6, 6.07) is 11.1. The Bertz CT molecular complexity index is 1390. The predicted octanol–water partition coefficient (Wildman–Crippen LogP) is 3.54. The number of hydrogen-bond donors (Lipinski definition) is 5. The predicted molar refractivity (Wildman–Crippen MR) is 151 cm³/mol. The number of anilines is 1. The van der Waals surface area contributed by atoms with Crippen molar-refractivity contribution in [2.24, 2.45) is 5.73 Å². The van der Waals surface area contributed by atoms with E-state index in [-0.39, 0.29) is 30.8 Å². The fourth-order valence-electron chi connectivity index (χ4n) is 2.46. The molecule has 17 heteroatoms. The summed E-state index contributed by atoms with van der Waals surface area (Å²) in [6.45, 7) is -0.184. The molecule has 214 valence electrons. The van der Waals surface area contributed by atoms with Gasteiger partial charge in [0.1, 0.15) is 0 Å². The van der Waals surface area contributed by atoms with E-state index in [0.29, 0.717) is 25.3 Å². The lowest BCUT2D eigenvalue weighted by atomic mass is 10.2. The molecule has 0 spiro atoms. The molecule has 0 aliphatic carbocycles. The van der Waals surface area contributed by atoms with Crippen molar-refractivity contribution in [1.29, 1.82) is 0 Å². The molecular weight excluding hydrogens is 586 g/mol. The zero-order valence-electron chi connectivity index (χ0n) is 20.8.